The maximum Gasteiger partial charge on any atom is 0.239 e. The number of nitrogens with one attached hydrogen (secondary N) is 1. The number of pyridine rings is 1. The molecule has 1 amide bonds. The lowest BCUT2D eigenvalue weighted by atomic mass is 10.2. The van der Waals surface area contributed by atoms with Gasteiger partial charge >= 0.3 is 0 Å². The van der Waals surface area contributed by atoms with Crippen molar-refractivity contribution >= 4 is 16.8 Å². The van der Waals surface area contributed by atoms with Crippen molar-refractivity contribution in [2.75, 3.05) is 6.54 Å². The highest BCUT2D eigenvalue weighted by molar-refractivity contribution is 5.82. The van der Waals surface area contributed by atoms with Crippen LogP contribution in [0.4, 0.5) is 0 Å². The van der Waals surface area contributed by atoms with E-state index in [0.717, 1.165) is 17.0 Å². The highest BCUT2D eigenvalue weighted by Crippen LogP contribution is 2.12. The van der Waals surface area contributed by atoms with Crippen molar-refractivity contribution in [3.63, 3.8) is 0 Å². The minimum atomic E-state index is -0.0995. The third-order valence-electron chi connectivity index (χ3n) is 4.40. The smallest absolute Gasteiger partial charge is 0.239 e. The zero-order valence-corrected chi connectivity index (χ0v) is 15.3. The van der Waals surface area contributed by atoms with Crippen LogP contribution in [0, 0.1) is 6.92 Å². The fourth-order valence-corrected chi connectivity index (χ4v) is 3.05. The molecule has 0 saturated heterocycles. The molecule has 0 aliphatic heterocycles. The summed E-state index contributed by atoms with van der Waals surface area (Å²) in [5.74, 6) is 0.753. The van der Waals surface area contributed by atoms with E-state index in [1.54, 1.807) is 18.5 Å². The molecule has 1 aromatic carbocycles. The van der Waals surface area contributed by atoms with Gasteiger partial charge in [-0.05, 0) is 32.9 Å². The summed E-state index contributed by atoms with van der Waals surface area (Å²) in [4.78, 5) is 24.5. The van der Waals surface area contributed by atoms with Crippen LogP contribution in [0.3, 0.4) is 0 Å². The number of fused-ring (bicyclic) bond motifs is 1. The maximum atomic E-state index is 12.4. The molecule has 7 nitrogen and oxygen atoms in total. The summed E-state index contributed by atoms with van der Waals surface area (Å²) < 4.78 is 3.86. The molecule has 0 spiro atoms. The first kappa shape index (κ1) is 17.8. The molecule has 136 valence electrons. The molecule has 1 N–H and O–H groups in total. The molecule has 2 heterocycles. The molecule has 0 radical (unpaired) electrons. The van der Waals surface area contributed by atoms with Crippen molar-refractivity contribution in [1.29, 1.82) is 0 Å². The number of nitrogens with zero attached hydrogens (tertiary/aromatic N) is 4. The Hall–Kier alpha value is -2.96. The number of hydrogen-bond acceptors (Lipinski definition) is 4. The zero-order valence-electron chi connectivity index (χ0n) is 15.3. The van der Waals surface area contributed by atoms with E-state index in [1.165, 1.54) is 0 Å². The highest BCUT2D eigenvalue weighted by atomic mass is 16.2. The Morgan fingerprint density at radius 3 is 2.81 bits per heavy atom. The number of amides is 1. The van der Waals surface area contributed by atoms with E-state index < -0.39 is 0 Å². The van der Waals surface area contributed by atoms with Gasteiger partial charge in [0.05, 0.1) is 5.52 Å². The van der Waals surface area contributed by atoms with Crippen molar-refractivity contribution < 1.29 is 4.79 Å². The molecule has 3 aromatic rings. The van der Waals surface area contributed by atoms with E-state index >= 15 is 0 Å². The van der Waals surface area contributed by atoms with Crippen molar-refractivity contribution in [2.24, 2.45) is 0 Å². The van der Waals surface area contributed by atoms with E-state index in [9.17, 15) is 9.59 Å². The Bertz CT molecular complexity index is 987. The van der Waals surface area contributed by atoms with Gasteiger partial charge in [0, 0.05) is 36.2 Å². The summed E-state index contributed by atoms with van der Waals surface area (Å²) in [5, 5.41) is 11.6. The zero-order chi connectivity index (χ0) is 18.7. The molecule has 0 saturated carbocycles. The summed E-state index contributed by atoms with van der Waals surface area (Å²) in [6, 6.07) is 9.20. The number of benzene rings is 1. The third-order valence-corrected chi connectivity index (χ3v) is 4.40. The van der Waals surface area contributed by atoms with E-state index in [4.69, 9.17) is 0 Å². The Morgan fingerprint density at radius 2 is 2.04 bits per heavy atom. The third kappa shape index (κ3) is 3.66. The van der Waals surface area contributed by atoms with E-state index in [2.05, 4.69) is 29.4 Å². The highest BCUT2D eigenvalue weighted by Gasteiger charge is 2.11. The predicted octanol–water partition coefficient (Wildman–Crippen LogP) is 1.84. The fraction of sp³-hybridized carbons (Fsp3) is 0.368. The average molecular weight is 353 g/mol. The number of aromatic nitrogens is 4. The van der Waals surface area contributed by atoms with Crippen LogP contribution in [-0.4, -0.2) is 31.8 Å². The van der Waals surface area contributed by atoms with Crippen molar-refractivity contribution in [2.45, 2.75) is 39.8 Å². The minimum absolute atomic E-state index is 0.0252. The maximum absolute atomic E-state index is 12.4. The van der Waals surface area contributed by atoms with Gasteiger partial charge in [0.15, 0.2) is 5.43 Å². The fourth-order valence-electron chi connectivity index (χ4n) is 3.05. The average Bonchev–Trinajstić information content (AvgIpc) is 3.07. The standard InChI is InChI=1S/C19H23N5O2/c1-13(2)24-12-21-22-18(24)8-9-20-19(26)11-23-14(3)10-17(25)15-6-4-5-7-16(15)23/h4-7,10,12-13H,8-9,11H2,1-3H3,(H,20,26). The first-order chi connectivity index (χ1) is 12.5. The van der Waals surface area contributed by atoms with E-state index in [1.807, 2.05) is 34.3 Å². The lowest BCUT2D eigenvalue weighted by molar-refractivity contribution is -0.121. The molecule has 0 bridgehead atoms. The summed E-state index contributed by atoms with van der Waals surface area (Å²) in [7, 11) is 0. The van der Waals surface area contributed by atoms with Gasteiger partial charge in [-0.3, -0.25) is 9.59 Å². The van der Waals surface area contributed by atoms with Gasteiger partial charge in [-0.25, -0.2) is 0 Å². The Kier molecular flexibility index (Phi) is 5.16. The van der Waals surface area contributed by atoms with Crippen molar-refractivity contribution in [1.82, 2.24) is 24.6 Å². The number of carbonyl (C=O) groups excluding carboxylic acids is 1. The topological polar surface area (TPSA) is 81.8 Å². The summed E-state index contributed by atoms with van der Waals surface area (Å²) in [5.41, 5.74) is 1.51. The number of rotatable bonds is 6. The van der Waals surface area contributed by atoms with Crippen molar-refractivity contribution in [3.8, 4) is 0 Å². The molecule has 0 fully saturated rings. The first-order valence-electron chi connectivity index (χ1n) is 8.71. The van der Waals surface area contributed by atoms with Crippen LogP contribution < -0.4 is 10.7 Å². The quantitative estimate of drug-likeness (QED) is 0.733. The van der Waals surface area contributed by atoms with Crippen LogP contribution in [0.1, 0.15) is 31.4 Å². The second-order valence-corrected chi connectivity index (χ2v) is 6.60. The molecule has 0 aliphatic carbocycles. The number of aryl methyl sites for hydroxylation is 1. The lowest BCUT2D eigenvalue weighted by Gasteiger charge is -2.15. The first-order valence-corrected chi connectivity index (χ1v) is 8.71. The molecular weight excluding hydrogens is 330 g/mol. The van der Waals surface area contributed by atoms with Gasteiger partial charge in [0.25, 0.3) is 0 Å². The largest absolute Gasteiger partial charge is 0.354 e. The van der Waals surface area contributed by atoms with Crippen LogP contribution in [0.2, 0.25) is 0 Å². The minimum Gasteiger partial charge on any atom is -0.354 e. The van der Waals surface area contributed by atoms with Gasteiger partial charge in [-0.15, -0.1) is 10.2 Å². The number of para-hydroxylation sites is 1. The Morgan fingerprint density at radius 1 is 1.27 bits per heavy atom. The van der Waals surface area contributed by atoms with Gasteiger partial charge in [0.1, 0.15) is 18.7 Å². The molecule has 0 aliphatic rings. The van der Waals surface area contributed by atoms with Crippen LogP contribution >= 0.6 is 0 Å². The van der Waals surface area contributed by atoms with Crippen LogP contribution in [0.5, 0.6) is 0 Å². The van der Waals surface area contributed by atoms with Crippen molar-refractivity contribution in [3.05, 3.63) is 58.4 Å². The van der Waals surface area contributed by atoms with Crippen LogP contribution in [-0.2, 0) is 17.8 Å². The number of hydrogen-bond donors (Lipinski definition) is 1. The van der Waals surface area contributed by atoms with Crippen LogP contribution in [0.15, 0.2) is 41.5 Å². The summed E-state index contributed by atoms with van der Waals surface area (Å²) in [6.45, 7) is 6.63. The van der Waals surface area contributed by atoms with Gasteiger partial charge in [-0.1, -0.05) is 12.1 Å². The van der Waals surface area contributed by atoms with Crippen LogP contribution in [0.25, 0.3) is 10.9 Å². The second kappa shape index (κ2) is 7.51. The summed E-state index contributed by atoms with van der Waals surface area (Å²) in [6.07, 6.45) is 2.32. The van der Waals surface area contributed by atoms with Gasteiger partial charge < -0.3 is 14.5 Å². The monoisotopic (exact) mass is 353 g/mol. The summed E-state index contributed by atoms with van der Waals surface area (Å²) >= 11 is 0. The molecule has 7 heteroatoms. The van der Waals surface area contributed by atoms with E-state index in [-0.39, 0.29) is 23.9 Å². The molecule has 26 heavy (non-hydrogen) atoms. The molecule has 3 rings (SSSR count). The van der Waals surface area contributed by atoms with Gasteiger partial charge in [-0.2, -0.15) is 0 Å². The van der Waals surface area contributed by atoms with Gasteiger partial charge in [0.2, 0.25) is 5.91 Å². The lowest BCUT2D eigenvalue weighted by Crippen LogP contribution is -2.31. The molecular formula is C19H23N5O2. The molecule has 0 unspecified atom stereocenters. The SMILES string of the molecule is Cc1cc(=O)c2ccccc2n1CC(=O)NCCc1nncn1C(C)C. The molecule has 2 aromatic heterocycles. The predicted molar refractivity (Wildman–Crippen MR) is 100 cm³/mol. The number of carbonyl (C=O) groups is 1. The van der Waals surface area contributed by atoms with E-state index in [0.29, 0.717) is 18.4 Å². The Labute approximate surface area is 151 Å². The molecule has 0 atom stereocenters. The normalized spacial score (nSPS) is 11.2. The Balaban J connectivity index is 1.68. The second-order valence-electron chi connectivity index (χ2n) is 6.60.